The van der Waals surface area contributed by atoms with Gasteiger partial charge in [0.25, 0.3) is 0 Å². The Balaban J connectivity index is 5.26. The number of hydrogen-bond acceptors (Lipinski definition) is 6. The summed E-state index contributed by atoms with van der Waals surface area (Å²) in [7, 11) is -5.76. The average molecular weight is 387 g/mol. The highest BCUT2D eigenvalue weighted by Crippen LogP contribution is 2.25. The van der Waals surface area contributed by atoms with Crippen molar-refractivity contribution < 1.29 is 26.2 Å². The second kappa shape index (κ2) is 8.64. The summed E-state index contributed by atoms with van der Waals surface area (Å²) in [6, 6.07) is 0. The van der Waals surface area contributed by atoms with Crippen molar-refractivity contribution in [2.75, 3.05) is 27.2 Å². The predicted octanol–water partition coefficient (Wildman–Crippen LogP) is 3.15. The number of methoxy groups -OCH3 is 2. The standard InChI is InChI=1S/C12H34O6Si4/c1-13-11-15-22(10,17-20(6,7)8)18-21(9,12-14-2)16-19(3,4)5/h11-12H2,1-10H3. The summed E-state index contributed by atoms with van der Waals surface area (Å²) in [5.74, 6) is 0. The van der Waals surface area contributed by atoms with Crippen LogP contribution in [0.3, 0.4) is 0 Å². The molecule has 0 heterocycles. The van der Waals surface area contributed by atoms with E-state index in [1.165, 1.54) is 0 Å². The third-order valence-corrected chi connectivity index (χ3v) is 15.0. The SMILES string of the molecule is COCO[Si](C)(O[Si](C)(C)C)O[Si](C)(COC)O[Si](C)(C)C. The van der Waals surface area contributed by atoms with Crippen molar-refractivity contribution >= 4 is 34.0 Å². The maximum absolute atomic E-state index is 6.40. The maximum atomic E-state index is 6.40. The Morgan fingerprint density at radius 1 is 0.636 bits per heavy atom. The molecule has 0 aromatic heterocycles. The van der Waals surface area contributed by atoms with Gasteiger partial charge in [0.1, 0.15) is 6.79 Å². The maximum Gasteiger partial charge on any atom is 0.480 e. The molecule has 134 valence electrons. The normalized spacial score (nSPS) is 18.8. The molecular weight excluding hydrogens is 352 g/mol. The van der Waals surface area contributed by atoms with Crippen LogP contribution >= 0.6 is 0 Å². The van der Waals surface area contributed by atoms with Gasteiger partial charge in [-0.3, -0.25) is 0 Å². The van der Waals surface area contributed by atoms with Crippen molar-refractivity contribution in [3.8, 4) is 0 Å². The minimum atomic E-state index is -2.86. The molecule has 22 heavy (non-hydrogen) atoms. The summed E-state index contributed by atoms with van der Waals surface area (Å²) in [5, 5.41) is 0. The summed E-state index contributed by atoms with van der Waals surface area (Å²) < 4.78 is 35.2. The lowest BCUT2D eigenvalue weighted by Gasteiger charge is -2.41. The fraction of sp³-hybridized carbons (Fsp3) is 1.00. The highest BCUT2D eigenvalue weighted by molar-refractivity contribution is 6.88. The highest BCUT2D eigenvalue weighted by Gasteiger charge is 2.49. The third kappa shape index (κ3) is 10.4. The van der Waals surface area contributed by atoms with Crippen LogP contribution in [0.5, 0.6) is 0 Å². The molecule has 0 N–H and O–H groups in total. The minimum Gasteiger partial charge on any atom is -0.435 e. The Morgan fingerprint density at radius 2 is 1.14 bits per heavy atom. The molecule has 0 saturated carbocycles. The van der Waals surface area contributed by atoms with Gasteiger partial charge in [-0.1, -0.05) is 0 Å². The predicted molar refractivity (Wildman–Crippen MR) is 98.0 cm³/mol. The first kappa shape index (κ1) is 22.6. The van der Waals surface area contributed by atoms with Crippen LogP contribution in [0, 0.1) is 0 Å². The van der Waals surface area contributed by atoms with Gasteiger partial charge in [-0.25, -0.2) is 0 Å². The summed E-state index contributed by atoms with van der Waals surface area (Å²) in [6.07, 6.45) is 0.450. The van der Waals surface area contributed by atoms with Crippen LogP contribution in [0.4, 0.5) is 0 Å². The van der Waals surface area contributed by atoms with Crippen LogP contribution in [-0.2, 0) is 26.2 Å². The van der Waals surface area contributed by atoms with Gasteiger partial charge >= 0.3 is 17.4 Å². The van der Waals surface area contributed by atoms with Gasteiger partial charge in [0.2, 0.25) is 0 Å². The molecule has 0 bridgehead atoms. The summed E-state index contributed by atoms with van der Waals surface area (Å²) in [5.41, 5.74) is 0. The van der Waals surface area contributed by atoms with Crippen LogP contribution in [0.2, 0.25) is 52.4 Å². The van der Waals surface area contributed by atoms with Crippen LogP contribution in [0.25, 0.3) is 0 Å². The summed E-state index contributed by atoms with van der Waals surface area (Å²) in [6.45, 7) is 16.9. The Bertz CT molecular complexity index is 333. The molecule has 0 aliphatic carbocycles. The van der Waals surface area contributed by atoms with E-state index in [1.807, 2.05) is 13.1 Å². The molecule has 0 aromatic carbocycles. The van der Waals surface area contributed by atoms with E-state index in [4.69, 9.17) is 26.2 Å². The molecule has 0 aromatic rings. The topological polar surface area (TPSA) is 55.4 Å². The molecule has 10 heteroatoms. The van der Waals surface area contributed by atoms with Crippen LogP contribution in [0.15, 0.2) is 0 Å². The first-order valence-electron chi connectivity index (χ1n) is 7.46. The molecule has 0 saturated heterocycles. The molecule has 2 atom stereocenters. The third-order valence-electron chi connectivity index (χ3n) is 2.26. The number of ether oxygens (including phenoxy) is 2. The van der Waals surface area contributed by atoms with Gasteiger partial charge in [-0.2, -0.15) is 0 Å². The van der Waals surface area contributed by atoms with Gasteiger partial charge in [0, 0.05) is 20.8 Å². The minimum absolute atomic E-state index is 0.150. The molecule has 0 aliphatic rings. The number of rotatable bonds is 11. The van der Waals surface area contributed by atoms with Crippen LogP contribution in [0.1, 0.15) is 0 Å². The molecule has 2 unspecified atom stereocenters. The molecule has 0 spiro atoms. The zero-order chi connectivity index (χ0) is 17.7. The van der Waals surface area contributed by atoms with E-state index < -0.39 is 34.0 Å². The number of hydrogen-bond donors (Lipinski definition) is 0. The van der Waals surface area contributed by atoms with Crippen molar-refractivity contribution in [3.63, 3.8) is 0 Å². The Labute approximate surface area is 140 Å². The van der Waals surface area contributed by atoms with E-state index in [0.29, 0.717) is 6.23 Å². The largest absolute Gasteiger partial charge is 0.480 e. The van der Waals surface area contributed by atoms with Crippen molar-refractivity contribution in [1.29, 1.82) is 0 Å². The van der Waals surface area contributed by atoms with Gasteiger partial charge in [0.15, 0.2) is 16.6 Å². The van der Waals surface area contributed by atoms with Crippen molar-refractivity contribution in [2.24, 2.45) is 0 Å². The van der Waals surface area contributed by atoms with Crippen molar-refractivity contribution in [2.45, 2.75) is 52.4 Å². The zero-order valence-electron chi connectivity index (χ0n) is 15.9. The Kier molecular flexibility index (Phi) is 8.89. The van der Waals surface area contributed by atoms with E-state index in [1.54, 1.807) is 14.2 Å². The zero-order valence-corrected chi connectivity index (χ0v) is 19.9. The molecule has 6 nitrogen and oxygen atoms in total. The molecule has 0 radical (unpaired) electrons. The lowest BCUT2D eigenvalue weighted by molar-refractivity contribution is 0.00704. The Hall–Kier alpha value is 0.628. The highest BCUT2D eigenvalue weighted by atomic mass is 28.5. The first-order chi connectivity index (χ1) is 9.74. The van der Waals surface area contributed by atoms with Crippen LogP contribution < -0.4 is 0 Å². The van der Waals surface area contributed by atoms with Gasteiger partial charge in [-0.05, 0) is 45.8 Å². The average Bonchev–Trinajstić information content (AvgIpc) is 2.20. The lowest BCUT2D eigenvalue weighted by Crippen LogP contribution is -2.61. The summed E-state index contributed by atoms with van der Waals surface area (Å²) in [4.78, 5) is 0. The second-order valence-corrected chi connectivity index (χ2v) is 23.0. The fourth-order valence-corrected chi connectivity index (χ4v) is 17.8. The van der Waals surface area contributed by atoms with Crippen molar-refractivity contribution in [3.05, 3.63) is 0 Å². The Morgan fingerprint density at radius 3 is 1.50 bits per heavy atom. The van der Waals surface area contributed by atoms with E-state index in [9.17, 15) is 0 Å². The van der Waals surface area contributed by atoms with E-state index in [-0.39, 0.29) is 6.79 Å². The molecule has 0 rings (SSSR count). The lowest BCUT2D eigenvalue weighted by atomic mass is 11.4. The van der Waals surface area contributed by atoms with Crippen LogP contribution in [-0.4, -0.2) is 61.2 Å². The van der Waals surface area contributed by atoms with E-state index >= 15 is 0 Å². The van der Waals surface area contributed by atoms with Gasteiger partial charge in [-0.15, -0.1) is 0 Å². The van der Waals surface area contributed by atoms with Crippen molar-refractivity contribution in [1.82, 2.24) is 0 Å². The monoisotopic (exact) mass is 386 g/mol. The van der Waals surface area contributed by atoms with Gasteiger partial charge < -0.3 is 26.2 Å². The van der Waals surface area contributed by atoms with Gasteiger partial charge in [0.05, 0.1) is 6.23 Å². The quantitative estimate of drug-likeness (QED) is 0.401. The first-order valence-corrected chi connectivity index (χ1v) is 19.0. The molecule has 0 amide bonds. The molecular formula is C12H34O6Si4. The molecule has 0 aliphatic heterocycles. The molecule has 0 fully saturated rings. The van der Waals surface area contributed by atoms with E-state index in [0.717, 1.165) is 0 Å². The summed E-state index contributed by atoms with van der Waals surface area (Å²) >= 11 is 0. The smallest absolute Gasteiger partial charge is 0.435 e. The second-order valence-electron chi connectivity index (χ2n) is 7.51. The fourth-order valence-electron chi connectivity index (χ4n) is 2.18. The van der Waals surface area contributed by atoms with E-state index in [2.05, 4.69) is 39.3 Å².